The molecule has 162 valence electrons. The Kier molecular flexibility index (Phi) is 6.91. The molecule has 9 heteroatoms. The van der Waals surface area contributed by atoms with Crippen molar-refractivity contribution in [2.45, 2.75) is 6.18 Å². The Hall–Kier alpha value is -3.39. The summed E-state index contributed by atoms with van der Waals surface area (Å²) in [5.41, 5.74) is -0.595. The summed E-state index contributed by atoms with van der Waals surface area (Å²) in [5.74, 6) is 0.688. The van der Waals surface area contributed by atoms with Gasteiger partial charge in [-0.2, -0.15) is 13.2 Å². The van der Waals surface area contributed by atoms with Gasteiger partial charge in [0.2, 0.25) is 0 Å². The first-order chi connectivity index (χ1) is 14.7. The Bertz CT molecular complexity index is 1070. The summed E-state index contributed by atoms with van der Waals surface area (Å²) in [6, 6.07) is 15.8. The molecule has 5 nitrogen and oxygen atoms in total. The normalized spacial score (nSPS) is 11.0. The maximum atomic E-state index is 12.8. The van der Waals surface area contributed by atoms with E-state index >= 15 is 0 Å². The lowest BCUT2D eigenvalue weighted by Gasteiger charge is -2.14. The van der Waals surface area contributed by atoms with Crippen molar-refractivity contribution in [2.24, 2.45) is 0 Å². The van der Waals surface area contributed by atoms with Crippen LogP contribution in [0.3, 0.4) is 0 Å². The molecule has 1 amide bonds. The number of carbonyl (C=O) groups excluding carboxylic acids is 1. The first-order valence-electron chi connectivity index (χ1n) is 8.96. The molecule has 0 fully saturated rings. The standard InChI is InChI=1S/C22H17ClF3NO4/c1-29-16-5-3-7-18(12-16)31-20-9-8-15(23)11-19(20)27-21(28)13-30-17-6-2-4-14(10-17)22(24,25)26/h2-12H,13H2,1H3,(H,27,28). The van der Waals surface area contributed by atoms with Crippen molar-refractivity contribution in [2.75, 3.05) is 19.0 Å². The first-order valence-corrected chi connectivity index (χ1v) is 9.34. The summed E-state index contributed by atoms with van der Waals surface area (Å²) in [6.45, 7) is -0.508. The minimum atomic E-state index is -4.51. The fourth-order valence-corrected chi connectivity index (χ4v) is 2.75. The van der Waals surface area contributed by atoms with Gasteiger partial charge in [-0.05, 0) is 48.5 Å². The van der Waals surface area contributed by atoms with E-state index in [0.717, 1.165) is 12.1 Å². The number of nitrogens with one attached hydrogen (secondary N) is 1. The molecule has 0 aliphatic heterocycles. The number of rotatable bonds is 7. The van der Waals surface area contributed by atoms with Crippen LogP contribution in [0, 0.1) is 0 Å². The quantitative estimate of drug-likeness (QED) is 0.466. The van der Waals surface area contributed by atoms with Gasteiger partial charge in [0.15, 0.2) is 12.4 Å². The average Bonchev–Trinajstić information content (AvgIpc) is 2.74. The minimum absolute atomic E-state index is 0.0797. The molecule has 0 saturated carbocycles. The molecule has 31 heavy (non-hydrogen) atoms. The molecule has 0 aliphatic carbocycles. The molecule has 1 N–H and O–H groups in total. The number of hydrogen-bond acceptors (Lipinski definition) is 4. The number of anilines is 1. The van der Waals surface area contributed by atoms with Crippen LogP contribution >= 0.6 is 11.6 Å². The Morgan fingerprint density at radius 1 is 0.968 bits per heavy atom. The van der Waals surface area contributed by atoms with E-state index in [1.54, 1.807) is 36.4 Å². The summed E-state index contributed by atoms with van der Waals surface area (Å²) in [5, 5.41) is 2.94. The first kappa shape index (κ1) is 22.3. The Balaban J connectivity index is 1.69. The Morgan fingerprint density at radius 2 is 1.68 bits per heavy atom. The van der Waals surface area contributed by atoms with Gasteiger partial charge in [0.05, 0.1) is 18.4 Å². The van der Waals surface area contributed by atoms with Gasteiger partial charge in [-0.15, -0.1) is 0 Å². The third kappa shape index (κ3) is 6.29. The summed E-state index contributed by atoms with van der Waals surface area (Å²) in [4.78, 5) is 12.3. The summed E-state index contributed by atoms with van der Waals surface area (Å²) < 4.78 is 54.5. The van der Waals surface area contributed by atoms with Crippen LogP contribution in [0.15, 0.2) is 66.7 Å². The zero-order valence-electron chi connectivity index (χ0n) is 16.2. The molecule has 3 aromatic rings. The topological polar surface area (TPSA) is 56.8 Å². The monoisotopic (exact) mass is 451 g/mol. The smallest absolute Gasteiger partial charge is 0.416 e. The van der Waals surface area contributed by atoms with Crippen LogP contribution in [0.25, 0.3) is 0 Å². The molecular formula is C22H17ClF3NO4. The van der Waals surface area contributed by atoms with Crippen LogP contribution in [0.5, 0.6) is 23.0 Å². The van der Waals surface area contributed by atoms with Crippen LogP contribution < -0.4 is 19.5 Å². The molecular weight excluding hydrogens is 435 g/mol. The molecule has 0 unspecified atom stereocenters. The Morgan fingerprint density at radius 3 is 2.42 bits per heavy atom. The summed E-state index contributed by atoms with van der Waals surface area (Å²) in [7, 11) is 1.53. The molecule has 3 rings (SSSR count). The summed E-state index contributed by atoms with van der Waals surface area (Å²) in [6.07, 6.45) is -4.51. The van der Waals surface area contributed by atoms with Crippen molar-refractivity contribution < 1.29 is 32.2 Å². The zero-order chi connectivity index (χ0) is 22.4. The summed E-state index contributed by atoms with van der Waals surface area (Å²) >= 11 is 6.02. The second-order valence-corrected chi connectivity index (χ2v) is 6.72. The zero-order valence-corrected chi connectivity index (χ0v) is 17.0. The van der Waals surface area contributed by atoms with E-state index in [0.29, 0.717) is 22.3 Å². The molecule has 0 spiro atoms. The van der Waals surface area contributed by atoms with Gasteiger partial charge in [0.1, 0.15) is 17.2 Å². The van der Waals surface area contributed by atoms with Gasteiger partial charge in [-0.1, -0.05) is 23.7 Å². The van der Waals surface area contributed by atoms with E-state index in [1.807, 2.05) is 0 Å². The average molecular weight is 452 g/mol. The van der Waals surface area contributed by atoms with E-state index in [1.165, 1.54) is 25.3 Å². The van der Waals surface area contributed by atoms with Crippen molar-refractivity contribution in [3.8, 4) is 23.0 Å². The lowest BCUT2D eigenvalue weighted by Crippen LogP contribution is -2.20. The van der Waals surface area contributed by atoms with E-state index in [4.69, 9.17) is 25.8 Å². The van der Waals surface area contributed by atoms with Gasteiger partial charge < -0.3 is 19.5 Å². The van der Waals surface area contributed by atoms with Crippen LogP contribution in [-0.2, 0) is 11.0 Å². The maximum Gasteiger partial charge on any atom is 0.416 e. The van der Waals surface area contributed by atoms with Crippen molar-refractivity contribution in [3.05, 3.63) is 77.3 Å². The van der Waals surface area contributed by atoms with Crippen molar-refractivity contribution >= 4 is 23.2 Å². The second kappa shape index (κ2) is 9.61. The predicted octanol–water partition coefficient (Wildman–Crippen LogP) is 6.18. The van der Waals surface area contributed by atoms with Crippen molar-refractivity contribution in [1.82, 2.24) is 0 Å². The van der Waals surface area contributed by atoms with E-state index in [-0.39, 0.29) is 11.4 Å². The third-order valence-corrected chi connectivity index (χ3v) is 4.25. The van der Waals surface area contributed by atoms with Crippen LogP contribution in [0.2, 0.25) is 5.02 Å². The third-order valence-electron chi connectivity index (χ3n) is 4.02. The van der Waals surface area contributed by atoms with E-state index < -0.39 is 24.3 Å². The van der Waals surface area contributed by atoms with Crippen molar-refractivity contribution in [1.29, 1.82) is 0 Å². The number of hydrogen-bond donors (Lipinski definition) is 1. The van der Waals surface area contributed by atoms with Gasteiger partial charge in [-0.3, -0.25) is 4.79 Å². The van der Waals surface area contributed by atoms with E-state index in [2.05, 4.69) is 5.32 Å². The van der Waals surface area contributed by atoms with Gasteiger partial charge >= 0.3 is 6.18 Å². The molecule has 0 aliphatic rings. The molecule has 0 heterocycles. The number of benzene rings is 3. The fraction of sp³-hybridized carbons (Fsp3) is 0.136. The molecule has 0 radical (unpaired) electrons. The maximum absolute atomic E-state index is 12.8. The lowest BCUT2D eigenvalue weighted by atomic mass is 10.2. The SMILES string of the molecule is COc1cccc(Oc2ccc(Cl)cc2NC(=O)COc2cccc(C(F)(F)F)c2)c1. The number of halogens is 4. The van der Waals surface area contributed by atoms with Gasteiger partial charge in [-0.25, -0.2) is 0 Å². The highest BCUT2D eigenvalue weighted by atomic mass is 35.5. The molecule has 3 aromatic carbocycles. The lowest BCUT2D eigenvalue weighted by molar-refractivity contribution is -0.137. The van der Waals surface area contributed by atoms with Gasteiger partial charge in [0.25, 0.3) is 5.91 Å². The Labute approximate surface area is 181 Å². The van der Waals surface area contributed by atoms with Crippen LogP contribution in [0.1, 0.15) is 5.56 Å². The molecule has 0 saturated heterocycles. The number of carbonyl (C=O) groups is 1. The highest BCUT2D eigenvalue weighted by Crippen LogP contribution is 2.34. The predicted molar refractivity (Wildman–Crippen MR) is 110 cm³/mol. The largest absolute Gasteiger partial charge is 0.497 e. The van der Waals surface area contributed by atoms with Crippen molar-refractivity contribution in [3.63, 3.8) is 0 Å². The fourth-order valence-electron chi connectivity index (χ4n) is 2.58. The second-order valence-electron chi connectivity index (χ2n) is 6.28. The number of alkyl halides is 3. The molecule has 0 atom stereocenters. The van der Waals surface area contributed by atoms with Crippen LogP contribution in [-0.4, -0.2) is 19.6 Å². The van der Waals surface area contributed by atoms with Gasteiger partial charge in [0, 0.05) is 11.1 Å². The highest BCUT2D eigenvalue weighted by Gasteiger charge is 2.30. The molecule has 0 bridgehead atoms. The number of amides is 1. The van der Waals surface area contributed by atoms with Crippen LogP contribution in [0.4, 0.5) is 18.9 Å². The minimum Gasteiger partial charge on any atom is -0.497 e. The van der Waals surface area contributed by atoms with E-state index in [9.17, 15) is 18.0 Å². The number of methoxy groups -OCH3 is 1. The number of ether oxygens (including phenoxy) is 3. The molecule has 0 aromatic heterocycles. The highest BCUT2D eigenvalue weighted by molar-refractivity contribution is 6.31.